The number of aromatic nitrogens is 5. The minimum Gasteiger partial charge on any atom is -0.434 e. The van der Waals surface area contributed by atoms with Crippen molar-refractivity contribution in [3.8, 4) is 17.0 Å². The zero-order valence-corrected chi connectivity index (χ0v) is 20.9. The van der Waals surface area contributed by atoms with Crippen molar-refractivity contribution in [2.75, 3.05) is 0 Å². The van der Waals surface area contributed by atoms with E-state index in [0.717, 1.165) is 48.9 Å². The highest BCUT2D eigenvalue weighted by molar-refractivity contribution is 5.98. The Balaban J connectivity index is 1.28. The van der Waals surface area contributed by atoms with Crippen molar-refractivity contribution in [2.24, 2.45) is 5.73 Å². The Kier molecular flexibility index (Phi) is 4.71. The molecular weight excluding hydrogens is 504 g/mol. The topological polar surface area (TPSA) is 112 Å². The van der Waals surface area contributed by atoms with E-state index in [4.69, 9.17) is 20.6 Å². The molecule has 0 spiro atoms. The third-order valence-corrected chi connectivity index (χ3v) is 8.68. The Labute approximate surface area is 222 Å². The number of rotatable bonds is 5. The van der Waals surface area contributed by atoms with E-state index in [9.17, 15) is 13.6 Å². The van der Waals surface area contributed by atoms with Crippen molar-refractivity contribution in [1.82, 2.24) is 29.5 Å². The van der Waals surface area contributed by atoms with Gasteiger partial charge in [0.15, 0.2) is 5.65 Å². The van der Waals surface area contributed by atoms with Crippen LogP contribution in [0.15, 0.2) is 42.9 Å². The van der Waals surface area contributed by atoms with Crippen LogP contribution in [0, 0.1) is 0 Å². The number of amides is 1. The number of nitrogens with zero attached hydrogens (tertiary/aromatic N) is 6. The van der Waals surface area contributed by atoms with Gasteiger partial charge in [-0.05, 0) is 56.7 Å². The van der Waals surface area contributed by atoms with Crippen LogP contribution in [0.25, 0.3) is 16.9 Å². The SMILES string of the molecule is NC1(c2ncc(-c3ccn4nc5c(c4n3)C3CC5N(C4CC4)C(=O)c4cccc(OC(F)F)c43)cn2)CCC1. The number of carbonyl (C=O) groups excluding carboxylic acids is 1. The van der Waals surface area contributed by atoms with Crippen LogP contribution in [0.3, 0.4) is 0 Å². The monoisotopic (exact) mass is 529 g/mol. The summed E-state index contributed by atoms with van der Waals surface area (Å²) in [6, 6.07) is 6.53. The Bertz CT molecular complexity index is 1650. The van der Waals surface area contributed by atoms with Gasteiger partial charge in [-0.2, -0.15) is 13.9 Å². The average Bonchev–Trinajstić information content (AvgIpc) is 3.61. The van der Waals surface area contributed by atoms with Gasteiger partial charge in [0.25, 0.3) is 5.91 Å². The Morgan fingerprint density at radius 2 is 1.90 bits per heavy atom. The summed E-state index contributed by atoms with van der Waals surface area (Å²) in [5.74, 6) is 0.146. The fourth-order valence-electron chi connectivity index (χ4n) is 6.51. The van der Waals surface area contributed by atoms with Crippen LogP contribution in [0.4, 0.5) is 8.78 Å². The van der Waals surface area contributed by atoms with Gasteiger partial charge in [0, 0.05) is 52.8 Å². The number of halogens is 2. The summed E-state index contributed by atoms with van der Waals surface area (Å²) in [4.78, 5) is 29.7. The van der Waals surface area contributed by atoms with Crippen LogP contribution >= 0.6 is 0 Å². The second-order valence-electron chi connectivity index (χ2n) is 11.0. The van der Waals surface area contributed by atoms with Crippen LogP contribution in [-0.4, -0.2) is 48.0 Å². The lowest BCUT2D eigenvalue weighted by Crippen LogP contribution is -2.44. The van der Waals surface area contributed by atoms with Crippen LogP contribution in [0.2, 0.25) is 0 Å². The zero-order chi connectivity index (χ0) is 26.5. The first-order valence-corrected chi connectivity index (χ1v) is 13.3. The lowest BCUT2D eigenvalue weighted by atomic mass is 9.77. The van der Waals surface area contributed by atoms with Crippen molar-refractivity contribution >= 4 is 11.6 Å². The number of benzene rings is 1. The van der Waals surface area contributed by atoms with E-state index in [1.165, 1.54) is 6.07 Å². The van der Waals surface area contributed by atoms with E-state index in [-0.39, 0.29) is 29.7 Å². The number of ether oxygens (including phenoxy) is 1. The molecule has 2 saturated carbocycles. The first kappa shape index (κ1) is 22.9. The predicted molar refractivity (Wildman–Crippen MR) is 135 cm³/mol. The molecule has 2 atom stereocenters. The molecule has 0 saturated heterocycles. The van der Waals surface area contributed by atoms with Crippen molar-refractivity contribution in [3.05, 3.63) is 71.1 Å². The third kappa shape index (κ3) is 3.35. The molecule has 3 aliphatic carbocycles. The van der Waals surface area contributed by atoms with Crippen molar-refractivity contribution in [1.29, 1.82) is 0 Å². The molecule has 9 nitrogen and oxygen atoms in total. The van der Waals surface area contributed by atoms with Crippen LogP contribution in [0.5, 0.6) is 5.75 Å². The Morgan fingerprint density at radius 1 is 1.10 bits per heavy atom. The minimum atomic E-state index is -3.00. The lowest BCUT2D eigenvalue weighted by molar-refractivity contribution is -0.0505. The van der Waals surface area contributed by atoms with Crippen LogP contribution in [-0.2, 0) is 5.54 Å². The molecule has 1 aromatic carbocycles. The van der Waals surface area contributed by atoms with Gasteiger partial charge in [-0.25, -0.2) is 19.5 Å². The summed E-state index contributed by atoms with van der Waals surface area (Å²) in [5, 5.41) is 4.86. The maximum atomic E-state index is 13.7. The summed E-state index contributed by atoms with van der Waals surface area (Å²) in [6.45, 7) is -3.00. The molecule has 2 N–H and O–H groups in total. The van der Waals surface area contributed by atoms with Gasteiger partial charge in [0.2, 0.25) is 0 Å². The second kappa shape index (κ2) is 8.01. The number of alkyl halides is 2. The van der Waals surface area contributed by atoms with Crippen LogP contribution < -0.4 is 10.5 Å². The van der Waals surface area contributed by atoms with Gasteiger partial charge in [-0.15, -0.1) is 0 Å². The van der Waals surface area contributed by atoms with Gasteiger partial charge in [0.1, 0.15) is 11.6 Å². The fourth-order valence-corrected chi connectivity index (χ4v) is 6.51. The van der Waals surface area contributed by atoms with Gasteiger partial charge < -0.3 is 15.4 Å². The first-order chi connectivity index (χ1) is 18.9. The minimum absolute atomic E-state index is 0.0244. The molecule has 39 heavy (non-hydrogen) atoms. The number of nitrogens with two attached hydrogens (primary N) is 1. The molecule has 1 amide bonds. The fraction of sp³-hybridized carbons (Fsp3) is 0.393. The van der Waals surface area contributed by atoms with E-state index < -0.39 is 12.2 Å². The van der Waals surface area contributed by atoms with Crippen molar-refractivity contribution < 1.29 is 18.3 Å². The number of hydrogen-bond donors (Lipinski definition) is 1. The number of fused-ring (bicyclic) bond motifs is 9. The summed E-state index contributed by atoms with van der Waals surface area (Å²) in [7, 11) is 0. The van der Waals surface area contributed by atoms with E-state index in [1.807, 2.05) is 17.2 Å². The van der Waals surface area contributed by atoms with E-state index in [0.29, 0.717) is 34.7 Å². The van der Waals surface area contributed by atoms with E-state index in [1.54, 1.807) is 29.0 Å². The molecule has 0 radical (unpaired) electrons. The van der Waals surface area contributed by atoms with Crippen molar-refractivity contribution in [2.45, 2.75) is 68.7 Å². The van der Waals surface area contributed by atoms with E-state index in [2.05, 4.69) is 9.97 Å². The largest absolute Gasteiger partial charge is 0.434 e. The predicted octanol–water partition coefficient (Wildman–Crippen LogP) is 4.32. The van der Waals surface area contributed by atoms with Gasteiger partial charge in [-0.3, -0.25) is 4.79 Å². The Morgan fingerprint density at radius 3 is 2.59 bits per heavy atom. The summed E-state index contributed by atoms with van der Waals surface area (Å²) in [6.07, 6.45) is 10.5. The smallest absolute Gasteiger partial charge is 0.387 e. The molecule has 3 aromatic heterocycles. The molecule has 198 valence electrons. The molecule has 2 unspecified atom stereocenters. The summed E-state index contributed by atoms with van der Waals surface area (Å²) in [5.41, 5.74) is 10.5. The van der Waals surface area contributed by atoms with Gasteiger partial charge in [-0.1, -0.05) is 6.07 Å². The van der Waals surface area contributed by atoms with Crippen molar-refractivity contribution in [3.63, 3.8) is 0 Å². The molecule has 8 rings (SSSR count). The third-order valence-electron chi connectivity index (χ3n) is 8.68. The molecular formula is C28H25F2N7O2. The molecule has 4 heterocycles. The standard InChI is InChI=1S/C28H25F2N7O2/c29-27(30)39-20-4-1-3-16-21(20)17-11-19(37(25(16)38)15-5-6-15)23-22(17)24-34-18(7-10-36(24)35-23)14-12-32-26(33-13-14)28(31)8-2-9-28/h1,3-4,7,10,12-13,15,17,19,27H,2,5-6,8-9,11,31H2. The van der Waals surface area contributed by atoms with Gasteiger partial charge >= 0.3 is 6.61 Å². The summed E-state index contributed by atoms with van der Waals surface area (Å²) >= 11 is 0. The molecule has 4 aromatic rings. The Hall–Kier alpha value is -3.99. The zero-order valence-electron chi connectivity index (χ0n) is 20.9. The molecule has 2 fully saturated rings. The molecule has 11 heteroatoms. The number of carbonyl (C=O) groups is 1. The van der Waals surface area contributed by atoms with Gasteiger partial charge in [0.05, 0.1) is 23.0 Å². The second-order valence-corrected chi connectivity index (χ2v) is 11.0. The molecule has 2 bridgehead atoms. The highest BCUT2D eigenvalue weighted by Crippen LogP contribution is 2.55. The normalized spacial score (nSPS) is 23.0. The maximum absolute atomic E-state index is 13.7. The first-order valence-electron chi connectivity index (χ1n) is 13.3. The lowest BCUT2D eigenvalue weighted by Gasteiger charge is -2.36. The maximum Gasteiger partial charge on any atom is 0.387 e. The molecule has 4 aliphatic rings. The van der Waals surface area contributed by atoms with E-state index >= 15 is 0 Å². The quantitative estimate of drug-likeness (QED) is 0.410. The van der Waals surface area contributed by atoms with Crippen LogP contribution in [0.1, 0.15) is 83.5 Å². The highest BCUT2D eigenvalue weighted by Gasteiger charge is 2.51. The average molecular weight is 530 g/mol. The molecule has 1 aliphatic heterocycles. The highest BCUT2D eigenvalue weighted by atomic mass is 19.3. The number of hydrogen-bond acceptors (Lipinski definition) is 7. The summed E-state index contributed by atoms with van der Waals surface area (Å²) < 4.78 is 33.5.